The molecule has 0 radical (unpaired) electrons. The van der Waals surface area contributed by atoms with Crippen LogP contribution >= 0.6 is 0 Å². The molecule has 1 atom stereocenters. The Kier molecular flexibility index (Phi) is 2.70. The number of methoxy groups -OCH3 is 1. The van der Waals surface area contributed by atoms with Crippen molar-refractivity contribution >= 4 is 11.9 Å². The van der Waals surface area contributed by atoms with Crippen molar-refractivity contribution in [3.63, 3.8) is 0 Å². The van der Waals surface area contributed by atoms with Crippen LogP contribution in [0, 0.1) is 5.41 Å². The summed E-state index contributed by atoms with van der Waals surface area (Å²) in [6, 6.07) is 5.38. The van der Waals surface area contributed by atoms with Gasteiger partial charge in [-0.15, -0.1) is 0 Å². The summed E-state index contributed by atoms with van der Waals surface area (Å²) in [5.74, 6) is -0.398. The largest absolute Gasteiger partial charge is 0.496 e. The van der Waals surface area contributed by atoms with Gasteiger partial charge in [-0.05, 0) is 24.6 Å². The zero-order valence-electron chi connectivity index (χ0n) is 11.9. The number of hydrogen-bond donors (Lipinski definition) is 1. The highest BCUT2D eigenvalue weighted by Gasteiger charge is 2.50. The Morgan fingerprint density at radius 2 is 2.05 bits per heavy atom. The first-order valence-corrected chi connectivity index (χ1v) is 6.73. The molecule has 3 rings (SSSR count). The molecule has 0 bridgehead atoms. The highest BCUT2D eigenvalue weighted by atomic mass is 16.6. The van der Waals surface area contributed by atoms with E-state index in [0.717, 1.165) is 0 Å². The summed E-state index contributed by atoms with van der Waals surface area (Å²) < 4.78 is 11.0. The summed E-state index contributed by atoms with van der Waals surface area (Å²) in [7, 11) is 1.57. The third-order valence-electron chi connectivity index (χ3n) is 4.18. The van der Waals surface area contributed by atoms with Crippen molar-refractivity contribution in [3.05, 3.63) is 29.3 Å². The van der Waals surface area contributed by atoms with Crippen molar-refractivity contribution in [2.75, 3.05) is 7.11 Å². The molecular formula is C16H18O4. The number of hydrogen-bond acceptors (Lipinski definition) is 4. The Morgan fingerprint density at radius 1 is 1.30 bits per heavy atom. The lowest BCUT2D eigenvalue weighted by molar-refractivity contribution is -0.153. The average molecular weight is 274 g/mol. The van der Waals surface area contributed by atoms with Gasteiger partial charge in [-0.2, -0.15) is 0 Å². The number of ether oxygens (including phenoxy) is 2. The summed E-state index contributed by atoms with van der Waals surface area (Å²) in [6.07, 6.45) is 2.72. The molecule has 1 aliphatic carbocycles. The number of carbonyl (C=O) groups is 1. The zero-order valence-corrected chi connectivity index (χ0v) is 11.9. The first-order chi connectivity index (χ1) is 9.37. The quantitative estimate of drug-likeness (QED) is 0.855. The number of Topliss-reactive ketones (excluding diaryl/α,β-unsaturated/α-hetero) is 1. The van der Waals surface area contributed by atoms with Crippen LogP contribution in [0.1, 0.15) is 32.3 Å². The van der Waals surface area contributed by atoms with Crippen molar-refractivity contribution < 1.29 is 19.4 Å². The topological polar surface area (TPSA) is 55.8 Å². The summed E-state index contributed by atoms with van der Waals surface area (Å²) in [5.41, 5.74) is 0.562. The zero-order chi connectivity index (χ0) is 14.5. The van der Waals surface area contributed by atoms with Gasteiger partial charge in [0.2, 0.25) is 5.79 Å². The van der Waals surface area contributed by atoms with Crippen LogP contribution in [0.25, 0.3) is 6.08 Å². The fourth-order valence-corrected chi connectivity index (χ4v) is 2.82. The second kappa shape index (κ2) is 4.09. The molecule has 20 heavy (non-hydrogen) atoms. The molecule has 0 amide bonds. The highest BCUT2D eigenvalue weighted by molar-refractivity contribution is 6.06. The normalized spacial score (nSPS) is 27.0. The van der Waals surface area contributed by atoms with Crippen molar-refractivity contribution in [1.82, 2.24) is 0 Å². The second-order valence-corrected chi connectivity index (χ2v) is 6.03. The number of rotatable bonds is 1. The molecule has 1 aliphatic heterocycles. The van der Waals surface area contributed by atoms with Crippen LogP contribution in [-0.4, -0.2) is 23.8 Å². The molecule has 0 saturated heterocycles. The predicted molar refractivity (Wildman–Crippen MR) is 74.6 cm³/mol. The molecule has 0 spiro atoms. The first-order valence-electron chi connectivity index (χ1n) is 6.73. The van der Waals surface area contributed by atoms with E-state index in [1.807, 2.05) is 19.9 Å². The van der Waals surface area contributed by atoms with Crippen LogP contribution in [0.4, 0.5) is 0 Å². The maximum atomic E-state index is 12.5. The minimum absolute atomic E-state index is 0.0668. The van der Waals surface area contributed by atoms with Gasteiger partial charge in [-0.1, -0.05) is 19.9 Å². The standard InChI is InChI=1S/C16H18O4/c1-15(2)7-8-16(18)11(14(15)17)9-10-12(19-3)5-4-6-13(10)20-16/h4-6,9,18H,7-8H2,1-3H3. The van der Waals surface area contributed by atoms with Gasteiger partial charge < -0.3 is 14.6 Å². The van der Waals surface area contributed by atoms with Gasteiger partial charge in [0, 0.05) is 11.8 Å². The molecule has 1 saturated carbocycles. The number of ketones is 1. The first kappa shape index (κ1) is 13.2. The van der Waals surface area contributed by atoms with E-state index in [4.69, 9.17) is 9.47 Å². The van der Waals surface area contributed by atoms with E-state index in [9.17, 15) is 9.90 Å². The number of benzene rings is 1. The van der Waals surface area contributed by atoms with E-state index in [1.165, 1.54) is 0 Å². The lowest BCUT2D eigenvalue weighted by Crippen LogP contribution is -2.50. The lowest BCUT2D eigenvalue weighted by atomic mass is 9.70. The monoisotopic (exact) mass is 274 g/mol. The number of aliphatic hydroxyl groups is 1. The Hall–Kier alpha value is -1.81. The lowest BCUT2D eigenvalue weighted by Gasteiger charge is -2.42. The SMILES string of the molecule is COc1cccc2c1C=C1C(=O)C(C)(C)CCC1(O)O2. The molecular weight excluding hydrogens is 256 g/mol. The van der Waals surface area contributed by atoms with Crippen molar-refractivity contribution in [2.45, 2.75) is 32.5 Å². The molecule has 1 fully saturated rings. The molecule has 4 nitrogen and oxygen atoms in total. The Morgan fingerprint density at radius 3 is 2.75 bits per heavy atom. The smallest absolute Gasteiger partial charge is 0.238 e. The molecule has 2 aliphatic rings. The van der Waals surface area contributed by atoms with Gasteiger partial charge in [0.05, 0.1) is 18.2 Å². The Balaban J connectivity index is 2.17. The fraction of sp³-hybridized carbons (Fsp3) is 0.438. The van der Waals surface area contributed by atoms with Crippen LogP contribution in [0.15, 0.2) is 23.8 Å². The molecule has 1 unspecified atom stereocenters. The minimum atomic E-state index is -1.51. The average Bonchev–Trinajstić information content (AvgIpc) is 2.42. The summed E-state index contributed by atoms with van der Waals surface area (Å²) in [4.78, 5) is 12.5. The Bertz CT molecular complexity index is 615. The van der Waals surface area contributed by atoms with E-state index in [1.54, 1.807) is 25.3 Å². The molecule has 4 heteroatoms. The highest BCUT2D eigenvalue weighted by Crippen LogP contribution is 2.47. The van der Waals surface area contributed by atoms with Crippen LogP contribution in [-0.2, 0) is 4.79 Å². The van der Waals surface area contributed by atoms with Crippen molar-refractivity contribution in [3.8, 4) is 11.5 Å². The summed E-state index contributed by atoms with van der Waals surface area (Å²) >= 11 is 0. The van der Waals surface area contributed by atoms with Gasteiger partial charge in [0.15, 0.2) is 5.78 Å². The maximum absolute atomic E-state index is 12.5. The van der Waals surface area contributed by atoms with Gasteiger partial charge in [-0.3, -0.25) is 4.79 Å². The van der Waals surface area contributed by atoms with Crippen LogP contribution in [0.3, 0.4) is 0 Å². The van der Waals surface area contributed by atoms with Crippen molar-refractivity contribution in [2.24, 2.45) is 5.41 Å². The third-order valence-corrected chi connectivity index (χ3v) is 4.18. The van der Waals surface area contributed by atoms with Gasteiger partial charge in [-0.25, -0.2) is 0 Å². The van der Waals surface area contributed by atoms with Gasteiger partial charge in [0.1, 0.15) is 11.5 Å². The number of carbonyl (C=O) groups excluding carboxylic acids is 1. The molecule has 1 N–H and O–H groups in total. The van der Waals surface area contributed by atoms with Gasteiger partial charge >= 0.3 is 0 Å². The summed E-state index contributed by atoms with van der Waals surface area (Å²) in [6.45, 7) is 3.79. The molecule has 1 heterocycles. The predicted octanol–water partition coefficient (Wildman–Crippen LogP) is 2.55. The number of fused-ring (bicyclic) bond motifs is 2. The molecule has 1 aromatic carbocycles. The second-order valence-electron chi connectivity index (χ2n) is 6.03. The summed E-state index contributed by atoms with van der Waals surface area (Å²) in [5, 5.41) is 10.7. The van der Waals surface area contributed by atoms with Crippen molar-refractivity contribution in [1.29, 1.82) is 0 Å². The molecule has 0 aromatic heterocycles. The molecule has 106 valence electrons. The Labute approximate surface area is 118 Å². The van der Waals surface area contributed by atoms with E-state index in [2.05, 4.69) is 0 Å². The minimum Gasteiger partial charge on any atom is -0.496 e. The van der Waals surface area contributed by atoms with E-state index in [0.29, 0.717) is 35.5 Å². The van der Waals surface area contributed by atoms with Crippen LogP contribution in [0.5, 0.6) is 11.5 Å². The van der Waals surface area contributed by atoms with E-state index < -0.39 is 11.2 Å². The van der Waals surface area contributed by atoms with Crippen LogP contribution < -0.4 is 9.47 Å². The molecule has 1 aromatic rings. The van der Waals surface area contributed by atoms with E-state index in [-0.39, 0.29) is 5.78 Å². The van der Waals surface area contributed by atoms with Gasteiger partial charge in [0.25, 0.3) is 0 Å². The third kappa shape index (κ3) is 1.75. The van der Waals surface area contributed by atoms with E-state index >= 15 is 0 Å². The maximum Gasteiger partial charge on any atom is 0.238 e. The fourth-order valence-electron chi connectivity index (χ4n) is 2.82. The van der Waals surface area contributed by atoms with Crippen LogP contribution in [0.2, 0.25) is 0 Å².